The zero-order valence-corrected chi connectivity index (χ0v) is 8.15. The van der Waals surface area contributed by atoms with Crippen molar-refractivity contribution in [2.24, 2.45) is 0 Å². The number of nitrogens with two attached hydrogens (primary N) is 1. The van der Waals surface area contributed by atoms with Gasteiger partial charge in [-0.3, -0.25) is 0 Å². The highest BCUT2D eigenvalue weighted by atomic mass is 32.1. The third-order valence-corrected chi connectivity index (χ3v) is 2.06. The lowest BCUT2D eigenvalue weighted by atomic mass is 10.4. The maximum absolute atomic E-state index is 5.46. The van der Waals surface area contributed by atoms with Crippen LogP contribution < -0.4 is 10.5 Å². The molecule has 0 spiro atoms. The number of anilines is 1. The Morgan fingerprint density at radius 2 is 2.29 bits per heavy atom. The van der Waals surface area contributed by atoms with Crippen LogP contribution in [-0.4, -0.2) is 26.4 Å². The average molecular weight is 209 g/mol. The Balaban J connectivity index is 2.41. The lowest BCUT2D eigenvalue weighted by molar-refractivity contribution is 0.397. The van der Waals surface area contributed by atoms with Crippen LogP contribution in [0.4, 0.5) is 5.13 Å². The number of hydrogen-bond acceptors (Lipinski definition) is 7. The van der Waals surface area contributed by atoms with Gasteiger partial charge in [-0.2, -0.15) is 9.36 Å². The number of nitrogen functional groups attached to an aromatic ring is 1. The van der Waals surface area contributed by atoms with E-state index in [0.717, 1.165) is 11.5 Å². The van der Waals surface area contributed by atoms with Gasteiger partial charge in [0.05, 0.1) is 7.11 Å². The normalized spacial score (nSPS) is 10.1. The molecule has 2 aromatic heterocycles. The fourth-order valence-corrected chi connectivity index (χ4v) is 1.35. The van der Waals surface area contributed by atoms with Crippen LogP contribution in [0.15, 0.2) is 12.4 Å². The highest BCUT2D eigenvalue weighted by Crippen LogP contribution is 2.18. The quantitative estimate of drug-likeness (QED) is 0.778. The molecule has 0 aliphatic carbocycles. The summed E-state index contributed by atoms with van der Waals surface area (Å²) in [5.41, 5.74) is 6.06. The molecule has 72 valence electrons. The first kappa shape index (κ1) is 8.82. The predicted octanol–water partition coefficient (Wildman–Crippen LogP) is 0.586. The van der Waals surface area contributed by atoms with Gasteiger partial charge in [0.2, 0.25) is 5.88 Å². The summed E-state index contributed by atoms with van der Waals surface area (Å²) in [7, 11) is 1.54. The zero-order valence-electron chi connectivity index (χ0n) is 7.34. The van der Waals surface area contributed by atoms with Crippen molar-refractivity contribution >= 4 is 16.7 Å². The summed E-state index contributed by atoms with van der Waals surface area (Å²) >= 11 is 1.13. The Kier molecular flexibility index (Phi) is 2.23. The SMILES string of the molecule is COc1cc(-c2nsc(N)n2)ncn1. The van der Waals surface area contributed by atoms with Crippen molar-refractivity contribution in [1.29, 1.82) is 0 Å². The molecule has 6 nitrogen and oxygen atoms in total. The minimum absolute atomic E-state index is 0.414. The third kappa shape index (κ3) is 1.62. The van der Waals surface area contributed by atoms with Gasteiger partial charge in [0.15, 0.2) is 11.0 Å². The van der Waals surface area contributed by atoms with E-state index in [0.29, 0.717) is 22.5 Å². The van der Waals surface area contributed by atoms with Gasteiger partial charge >= 0.3 is 0 Å². The Morgan fingerprint density at radius 1 is 1.43 bits per heavy atom. The van der Waals surface area contributed by atoms with Crippen molar-refractivity contribution in [3.63, 3.8) is 0 Å². The summed E-state index contributed by atoms with van der Waals surface area (Å²) in [5.74, 6) is 0.969. The molecule has 14 heavy (non-hydrogen) atoms. The van der Waals surface area contributed by atoms with Crippen LogP contribution in [0.3, 0.4) is 0 Å². The second-order valence-electron chi connectivity index (χ2n) is 2.40. The monoisotopic (exact) mass is 209 g/mol. The first-order valence-electron chi connectivity index (χ1n) is 3.75. The van der Waals surface area contributed by atoms with Gasteiger partial charge in [-0.25, -0.2) is 9.97 Å². The molecule has 2 N–H and O–H groups in total. The molecule has 0 amide bonds. The fourth-order valence-electron chi connectivity index (χ4n) is 0.913. The van der Waals surface area contributed by atoms with E-state index in [-0.39, 0.29) is 0 Å². The van der Waals surface area contributed by atoms with Crippen molar-refractivity contribution in [3.05, 3.63) is 12.4 Å². The summed E-state index contributed by atoms with van der Waals surface area (Å²) in [6.07, 6.45) is 1.39. The van der Waals surface area contributed by atoms with Crippen molar-refractivity contribution in [2.75, 3.05) is 12.8 Å². The van der Waals surface area contributed by atoms with Gasteiger partial charge < -0.3 is 10.5 Å². The van der Waals surface area contributed by atoms with E-state index in [1.165, 1.54) is 13.4 Å². The molecule has 2 rings (SSSR count). The first-order valence-corrected chi connectivity index (χ1v) is 4.52. The summed E-state index contributed by atoms with van der Waals surface area (Å²) in [6.45, 7) is 0. The highest BCUT2D eigenvalue weighted by Gasteiger charge is 2.07. The number of methoxy groups -OCH3 is 1. The third-order valence-electron chi connectivity index (χ3n) is 1.52. The smallest absolute Gasteiger partial charge is 0.216 e. The zero-order chi connectivity index (χ0) is 9.97. The summed E-state index contributed by atoms with van der Waals surface area (Å²) in [4.78, 5) is 11.9. The Bertz CT molecular complexity index is 443. The van der Waals surface area contributed by atoms with Gasteiger partial charge in [0.1, 0.15) is 12.0 Å². The van der Waals surface area contributed by atoms with Crippen LogP contribution in [-0.2, 0) is 0 Å². The van der Waals surface area contributed by atoms with E-state index in [1.54, 1.807) is 6.07 Å². The number of nitrogens with zero attached hydrogens (tertiary/aromatic N) is 4. The maximum atomic E-state index is 5.46. The van der Waals surface area contributed by atoms with Crippen LogP contribution in [0, 0.1) is 0 Å². The minimum atomic E-state index is 0.414. The molecule has 0 saturated heterocycles. The Morgan fingerprint density at radius 3 is 2.93 bits per heavy atom. The molecule has 0 bridgehead atoms. The van der Waals surface area contributed by atoms with Crippen LogP contribution in [0.1, 0.15) is 0 Å². The molecule has 0 unspecified atom stereocenters. The summed E-state index contributed by atoms with van der Waals surface area (Å²) < 4.78 is 8.97. The molecular formula is C7H7N5OS. The van der Waals surface area contributed by atoms with Gasteiger partial charge in [-0.05, 0) is 0 Å². The minimum Gasteiger partial charge on any atom is -0.481 e. The highest BCUT2D eigenvalue weighted by molar-refractivity contribution is 7.09. The van der Waals surface area contributed by atoms with E-state index in [4.69, 9.17) is 10.5 Å². The second kappa shape index (κ2) is 3.54. The maximum Gasteiger partial charge on any atom is 0.216 e. The predicted molar refractivity (Wildman–Crippen MR) is 51.9 cm³/mol. The van der Waals surface area contributed by atoms with Crippen LogP contribution in [0.5, 0.6) is 5.88 Å². The Hall–Kier alpha value is -1.76. The van der Waals surface area contributed by atoms with E-state index in [1.807, 2.05) is 0 Å². The molecule has 0 aromatic carbocycles. The number of aromatic nitrogens is 4. The fraction of sp³-hybridized carbons (Fsp3) is 0.143. The van der Waals surface area contributed by atoms with Gasteiger partial charge in [-0.15, -0.1) is 0 Å². The van der Waals surface area contributed by atoms with Crippen LogP contribution >= 0.6 is 11.5 Å². The van der Waals surface area contributed by atoms with Crippen molar-refractivity contribution < 1.29 is 4.74 Å². The van der Waals surface area contributed by atoms with E-state index < -0.39 is 0 Å². The van der Waals surface area contributed by atoms with E-state index >= 15 is 0 Å². The average Bonchev–Trinajstić information content (AvgIpc) is 2.65. The lowest BCUT2D eigenvalue weighted by Gasteiger charge is -1.98. The Labute approximate surface area is 84.0 Å². The van der Waals surface area contributed by atoms with Crippen molar-refractivity contribution in [3.8, 4) is 17.4 Å². The van der Waals surface area contributed by atoms with Crippen LogP contribution in [0.25, 0.3) is 11.5 Å². The number of hydrogen-bond donors (Lipinski definition) is 1. The molecule has 2 aromatic rings. The van der Waals surface area contributed by atoms with Gasteiger partial charge in [0.25, 0.3) is 0 Å². The van der Waals surface area contributed by atoms with Crippen LogP contribution in [0.2, 0.25) is 0 Å². The van der Waals surface area contributed by atoms with Gasteiger partial charge in [0, 0.05) is 17.6 Å². The molecule has 2 heterocycles. The first-order chi connectivity index (χ1) is 6.79. The molecule has 0 fully saturated rings. The molecule has 0 radical (unpaired) electrons. The topological polar surface area (TPSA) is 86.8 Å². The second-order valence-corrected chi connectivity index (χ2v) is 3.19. The standard InChI is InChI=1S/C7H7N5OS/c1-13-5-2-4(9-3-10-5)6-11-7(8)14-12-6/h2-3H,1H3,(H2,8,11,12). The largest absolute Gasteiger partial charge is 0.481 e. The molecule has 0 aliphatic rings. The van der Waals surface area contributed by atoms with Gasteiger partial charge in [-0.1, -0.05) is 0 Å². The molecular weight excluding hydrogens is 202 g/mol. The lowest BCUT2D eigenvalue weighted by Crippen LogP contribution is -1.92. The molecule has 0 atom stereocenters. The van der Waals surface area contributed by atoms with E-state index in [2.05, 4.69) is 19.3 Å². The summed E-state index contributed by atoms with van der Waals surface area (Å²) in [5, 5.41) is 0.414. The number of rotatable bonds is 2. The molecule has 0 saturated carbocycles. The summed E-state index contributed by atoms with van der Waals surface area (Å²) in [6, 6.07) is 1.65. The number of ether oxygens (including phenoxy) is 1. The van der Waals surface area contributed by atoms with E-state index in [9.17, 15) is 0 Å². The molecule has 7 heteroatoms. The van der Waals surface area contributed by atoms with Crippen molar-refractivity contribution in [2.45, 2.75) is 0 Å². The van der Waals surface area contributed by atoms with Crippen molar-refractivity contribution in [1.82, 2.24) is 19.3 Å². The molecule has 0 aliphatic heterocycles.